The highest BCUT2D eigenvalue weighted by molar-refractivity contribution is 7.92. The molecule has 0 amide bonds. The minimum atomic E-state index is -3.74. The first-order valence-electron chi connectivity index (χ1n) is 9.41. The van der Waals surface area contributed by atoms with Crippen molar-refractivity contribution in [2.24, 2.45) is 0 Å². The van der Waals surface area contributed by atoms with Crippen LogP contribution in [0.3, 0.4) is 0 Å². The van der Waals surface area contributed by atoms with Gasteiger partial charge in [-0.1, -0.05) is 0 Å². The lowest BCUT2D eigenvalue weighted by Crippen LogP contribution is -2.19. The molecule has 3 N–H and O–H groups in total. The number of ether oxygens (including phenoxy) is 3. The molecule has 0 aliphatic heterocycles. The summed E-state index contributed by atoms with van der Waals surface area (Å²) in [6, 6.07) is 18.1. The quantitative estimate of drug-likeness (QED) is 0.416. The van der Waals surface area contributed by atoms with Gasteiger partial charge in [0.25, 0.3) is 10.0 Å². The Balaban J connectivity index is 1.66. The van der Waals surface area contributed by atoms with E-state index in [1.807, 2.05) is 0 Å². The van der Waals surface area contributed by atoms with E-state index in [-0.39, 0.29) is 4.90 Å². The maximum Gasteiger partial charge on any atom is 0.261 e. The van der Waals surface area contributed by atoms with Gasteiger partial charge in [0.2, 0.25) is 0 Å². The Morgan fingerprint density at radius 2 is 1.34 bits per heavy atom. The Morgan fingerprint density at radius 1 is 0.750 bits per heavy atom. The number of benzene rings is 3. The number of hydrogen-bond acceptors (Lipinski definition) is 6. The van der Waals surface area contributed by atoms with Crippen LogP contribution in [0.4, 0.5) is 17.1 Å². The Bertz CT molecular complexity index is 1180. The highest BCUT2D eigenvalue weighted by Gasteiger charge is 2.14. The van der Waals surface area contributed by atoms with Gasteiger partial charge in [-0.25, -0.2) is 8.42 Å². The Hall–Kier alpha value is -3.50. The summed E-state index contributed by atoms with van der Waals surface area (Å²) < 4.78 is 43.4. The van der Waals surface area contributed by atoms with Gasteiger partial charge in [0.05, 0.1) is 31.9 Å². The van der Waals surface area contributed by atoms with E-state index in [0.717, 1.165) is 0 Å². The second-order valence-electron chi connectivity index (χ2n) is 6.50. The van der Waals surface area contributed by atoms with E-state index in [9.17, 15) is 8.42 Å². The van der Waals surface area contributed by atoms with Crippen LogP contribution in [-0.4, -0.2) is 34.9 Å². The third-order valence-corrected chi connectivity index (χ3v) is 6.02. The fourth-order valence-corrected chi connectivity index (χ4v) is 4.07. The minimum absolute atomic E-state index is 0.118. The van der Waals surface area contributed by atoms with Gasteiger partial charge < -0.3 is 24.8 Å². The SMILES string of the molecule is COc1ccc(NS(=O)(=O)c2ccc(NC(=S)Nc3cc(OC)ccc3OC)cc2)cc1. The molecular formula is C22H23N3O5S2. The maximum atomic E-state index is 12.6. The van der Waals surface area contributed by atoms with Gasteiger partial charge >= 0.3 is 0 Å². The average Bonchev–Trinajstić information content (AvgIpc) is 2.79. The third kappa shape index (κ3) is 5.80. The molecule has 0 saturated heterocycles. The van der Waals surface area contributed by atoms with Crippen LogP contribution in [-0.2, 0) is 10.0 Å². The molecule has 0 saturated carbocycles. The summed E-state index contributed by atoms with van der Waals surface area (Å²) in [5.74, 6) is 1.88. The monoisotopic (exact) mass is 473 g/mol. The van der Waals surface area contributed by atoms with Crippen LogP contribution < -0.4 is 29.6 Å². The number of rotatable bonds is 8. The molecule has 0 spiro atoms. The molecule has 0 fully saturated rings. The van der Waals surface area contributed by atoms with Crippen molar-refractivity contribution in [2.75, 3.05) is 36.7 Å². The van der Waals surface area contributed by atoms with Crippen LogP contribution in [0.2, 0.25) is 0 Å². The number of anilines is 3. The summed E-state index contributed by atoms with van der Waals surface area (Å²) in [5, 5.41) is 6.37. The topological polar surface area (TPSA) is 97.9 Å². The van der Waals surface area contributed by atoms with Crippen LogP contribution in [0.1, 0.15) is 0 Å². The van der Waals surface area contributed by atoms with Gasteiger partial charge in [-0.05, 0) is 72.9 Å². The summed E-state index contributed by atoms with van der Waals surface area (Å²) in [7, 11) is 0.933. The molecule has 0 radical (unpaired) electrons. The van der Waals surface area contributed by atoms with Crippen LogP contribution in [0, 0.1) is 0 Å². The second kappa shape index (κ2) is 10.2. The molecule has 3 aromatic carbocycles. The Labute approximate surface area is 192 Å². The lowest BCUT2D eigenvalue weighted by Gasteiger charge is -2.15. The van der Waals surface area contributed by atoms with Gasteiger partial charge in [0.1, 0.15) is 17.2 Å². The zero-order valence-electron chi connectivity index (χ0n) is 17.7. The van der Waals surface area contributed by atoms with E-state index in [0.29, 0.717) is 39.4 Å². The molecule has 0 bridgehead atoms. The largest absolute Gasteiger partial charge is 0.497 e. The third-order valence-electron chi connectivity index (χ3n) is 4.42. The van der Waals surface area contributed by atoms with Crippen LogP contribution >= 0.6 is 12.2 Å². The number of methoxy groups -OCH3 is 3. The first-order chi connectivity index (χ1) is 15.3. The molecule has 0 heterocycles. The van der Waals surface area contributed by atoms with E-state index < -0.39 is 10.0 Å². The summed E-state index contributed by atoms with van der Waals surface area (Å²) in [6.45, 7) is 0. The molecular weight excluding hydrogens is 450 g/mol. The summed E-state index contributed by atoms with van der Waals surface area (Å²) in [4.78, 5) is 0.118. The zero-order chi connectivity index (χ0) is 23.1. The van der Waals surface area contributed by atoms with Gasteiger partial charge in [-0.2, -0.15) is 0 Å². The van der Waals surface area contributed by atoms with Crippen LogP contribution in [0.5, 0.6) is 17.2 Å². The van der Waals surface area contributed by atoms with Crippen molar-refractivity contribution in [1.82, 2.24) is 0 Å². The number of sulfonamides is 1. The fourth-order valence-electron chi connectivity index (χ4n) is 2.79. The van der Waals surface area contributed by atoms with Gasteiger partial charge in [0, 0.05) is 17.4 Å². The minimum Gasteiger partial charge on any atom is -0.497 e. The standard InChI is InChI=1S/C22H23N3O5S2/c1-28-17-8-4-16(5-9-17)25-32(26,27)19-11-6-15(7-12-19)23-22(31)24-20-14-18(29-2)10-13-21(20)30-3/h4-14,25H,1-3H3,(H2,23,24,31). The lowest BCUT2D eigenvalue weighted by atomic mass is 10.2. The lowest BCUT2D eigenvalue weighted by molar-refractivity contribution is 0.405. The van der Waals surface area contributed by atoms with E-state index in [4.69, 9.17) is 26.4 Å². The van der Waals surface area contributed by atoms with E-state index >= 15 is 0 Å². The van der Waals surface area contributed by atoms with Crippen molar-refractivity contribution in [3.05, 3.63) is 66.7 Å². The van der Waals surface area contributed by atoms with Crippen molar-refractivity contribution in [3.63, 3.8) is 0 Å². The Kier molecular flexibility index (Phi) is 7.39. The van der Waals surface area contributed by atoms with Crippen molar-refractivity contribution in [1.29, 1.82) is 0 Å². The van der Waals surface area contributed by atoms with Crippen molar-refractivity contribution >= 4 is 44.4 Å². The molecule has 0 unspecified atom stereocenters. The highest BCUT2D eigenvalue weighted by atomic mass is 32.2. The fraction of sp³-hybridized carbons (Fsp3) is 0.136. The van der Waals surface area contributed by atoms with Crippen LogP contribution in [0.15, 0.2) is 71.6 Å². The molecule has 0 atom stereocenters. The zero-order valence-corrected chi connectivity index (χ0v) is 19.3. The van der Waals surface area contributed by atoms with Gasteiger partial charge in [-0.3, -0.25) is 4.72 Å². The van der Waals surface area contributed by atoms with Crippen molar-refractivity contribution < 1.29 is 22.6 Å². The smallest absolute Gasteiger partial charge is 0.261 e. The molecule has 0 aliphatic rings. The number of hydrogen-bond donors (Lipinski definition) is 3. The van der Waals surface area contributed by atoms with E-state index in [1.54, 1.807) is 75.9 Å². The van der Waals surface area contributed by atoms with E-state index in [1.165, 1.54) is 12.1 Å². The first-order valence-corrected chi connectivity index (χ1v) is 11.3. The molecule has 0 aliphatic carbocycles. The summed E-state index contributed by atoms with van der Waals surface area (Å²) in [6.07, 6.45) is 0. The number of nitrogens with one attached hydrogen (secondary N) is 3. The molecule has 3 aromatic rings. The molecule has 0 aromatic heterocycles. The normalized spacial score (nSPS) is 10.7. The predicted octanol–water partition coefficient (Wildman–Crippen LogP) is 4.32. The first kappa shape index (κ1) is 23.2. The summed E-state index contributed by atoms with van der Waals surface area (Å²) >= 11 is 5.36. The Morgan fingerprint density at radius 3 is 1.94 bits per heavy atom. The molecule has 8 nitrogen and oxygen atoms in total. The second-order valence-corrected chi connectivity index (χ2v) is 8.59. The maximum absolute atomic E-state index is 12.6. The number of thiocarbonyl (C=S) groups is 1. The average molecular weight is 474 g/mol. The molecule has 168 valence electrons. The summed E-state index contributed by atoms with van der Waals surface area (Å²) in [5.41, 5.74) is 1.69. The van der Waals surface area contributed by atoms with E-state index in [2.05, 4.69) is 15.4 Å². The highest BCUT2D eigenvalue weighted by Crippen LogP contribution is 2.29. The predicted molar refractivity (Wildman–Crippen MR) is 130 cm³/mol. The van der Waals surface area contributed by atoms with Crippen molar-refractivity contribution in [3.8, 4) is 17.2 Å². The molecule has 10 heteroatoms. The van der Waals surface area contributed by atoms with Crippen LogP contribution in [0.25, 0.3) is 0 Å². The molecule has 32 heavy (non-hydrogen) atoms. The molecule has 3 rings (SSSR count). The van der Waals surface area contributed by atoms with Gasteiger partial charge in [0.15, 0.2) is 5.11 Å². The van der Waals surface area contributed by atoms with Crippen molar-refractivity contribution in [2.45, 2.75) is 4.90 Å². The van der Waals surface area contributed by atoms with Gasteiger partial charge in [-0.15, -0.1) is 0 Å².